The summed E-state index contributed by atoms with van der Waals surface area (Å²) >= 11 is 0. The molecule has 0 aliphatic rings. The lowest BCUT2D eigenvalue weighted by Crippen LogP contribution is -2.39. The standard InChI is InChI=1S/C17H25N5/c1-4-19-17(20-11-9-15-7-5-10-18-13-15)22(3)14-16-8-6-12-21(16)2/h5-8,10,12-13H,4,9,11,14H2,1-3H3,(H,19,20). The van der Waals surface area contributed by atoms with E-state index in [4.69, 9.17) is 4.99 Å². The maximum Gasteiger partial charge on any atom is 0.194 e. The summed E-state index contributed by atoms with van der Waals surface area (Å²) in [7, 11) is 4.13. The van der Waals surface area contributed by atoms with Gasteiger partial charge < -0.3 is 14.8 Å². The third kappa shape index (κ3) is 4.62. The van der Waals surface area contributed by atoms with Gasteiger partial charge in [0.2, 0.25) is 0 Å². The van der Waals surface area contributed by atoms with E-state index in [-0.39, 0.29) is 0 Å². The monoisotopic (exact) mass is 299 g/mol. The van der Waals surface area contributed by atoms with Gasteiger partial charge in [-0.25, -0.2) is 0 Å². The smallest absolute Gasteiger partial charge is 0.194 e. The van der Waals surface area contributed by atoms with Crippen LogP contribution in [0.5, 0.6) is 0 Å². The van der Waals surface area contributed by atoms with Crippen molar-refractivity contribution in [1.29, 1.82) is 0 Å². The fourth-order valence-corrected chi connectivity index (χ4v) is 2.29. The van der Waals surface area contributed by atoms with Gasteiger partial charge in [0.1, 0.15) is 0 Å². The minimum atomic E-state index is 0.755. The van der Waals surface area contributed by atoms with Gasteiger partial charge in [0.05, 0.1) is 6.54 Å². The summed E-state index contributed by atoms with van der Waals surface area (Å²) in [6.07, 6.45) is 6.66. The Morgan fingerprint density at radius 2 is 2.23 bits per heavy atom. The number of rotatable bonds is 6. The van der Waals surface area contributed by atoms with E-state index < -0.39 is 0 Å². The molecule has 0 fully saturated rings. The number of nitrogens with one attached hydrogen (secondary N) is 1. The minimum Gasteiger partial charge on any atom is -0.357 e. The van der Waals surface area contributed by atoms with Gasteiger partial charge in [-0.1, -0.05) is 6.07 Å². The van der Waals surface area contributed by atoms with Crippen molar-refractivity contribution in [3.8, 4) is 0 Å². The van der Waals surface area contributed by atoms with Crippen LogP contribution in [0.1, 0.15) is 18.2 Å². The quantitative estimate of drug-likeness (QED) is 0.656. The number of aliphatic imine (C=N–C) groups is 1. The van der Waals surface area contributed by atoms with Crippen LogP contribution in [0.2, 0.25) is 0 Å². The molecule has 0 atom stereocenters. The lowest BCUT2D eigenvalue weighted by Gasteiger charge is -2.22. The maximum absolute atomic E-state index is 4.71. The van der Waals surface area contributed by atoms with E-state index in [1.807, 2.05) is 12.3 Å². The molecule has 2 heterocycles. The summed E-state index contributed by atoms with van der Waals surface area (Å²) in [6.45, 7) is 4.55. The van der Waals surface area contributed by atoms with E-state index in [0.29, 0.717) is 0 Å². The van der Waals surface area contributed by atoms with Crippen molar-refractivity contribution in [1.82, 2.24) is 19.8 Å². The molecule has 0 bridgehead atoms. The van der Waals surface area contributed by atoms with Crippen molar-refractivity contribution in [2.24, 2.45) is 12.0 Å². The second-order valence-electron chi connectivity index (χ2n) is 5.31. The van der Waals surface area contributed by atoms with Gasteiger partial charge in [-0.05, 0) is 37.1 Å². The van der Waals surface area contributed by atoms with E-state index in [9.17, 15) is 0 Å². The summed E-state index contributed by atoms with van der Waals surface area (Å²) in [6, 6.07) is 8.25. The van der Waals surface area contributed by atoms with Gasteiger partial charge in [0.25, 0.3) is 0 Å². The molecule has 22 heavy (non-hydrogen) atoms. The molecule has 2 rings (SSSR count). The Morgan fingerprint density at radius 3 is 2.86 bits per heavy atom. The van der Waals surface area contributed by atoms with Gasteiger partial charge >= 0.3 is 0 Å². The van der Waals surface area contributed by atoms with E-state index in [2.05, 4.69) is 65.2 Å². The molecule has 0 radical (unpaired) electrons. The molecule has 1 N–H and O–H groups in total. The second kappa shape index (κ2) is 8.22. The number of pyridine rings is 1. The Bertz CT molecular complexity index is 588. The molecule has 118 valence electrons. The van der Waals surface area contributed by atoms with Gasteiger partial charge in [0.15, 0.2) is 5.96 Å². The third-order valence-corrected chi connectivity index (χ3v) is 3.53. The van der Waals surface area contributed by atoms with Crippen molar-refractivity contribution in [3.63, 3.8) is 0 Å². The highest BCUT2D eigenvalue weighted by molar-refractivity contribution is 5.79. The van der Waals surface area contributed by atoms with Crippen LogP contribution in [0.3, 0.4) is 0 Å². The zero-order valence-electron chi connectivity index (χ0n) is 13.7. The topological polar surface area (TPSA) is 45.5 Å². The number of aryl methyl sites for hydroxylation is 1. The number of guanidine groups is 1. The fourth-order valence-electron chi connectivity index (χ4n) is 2.29. The summed E-state index contributed by atoms with van der Waals surface area (Å²) in [5.41, 5.74) is 2.48. The Kier molecular flexibility index (Phi) is 6.01. The summed E-state index contributed by atoms with van der Waals surface area (Å²) < 4.78 is 2.13. The molecule has 5 nitrogen and oxygen atoms in total. The lowest BCUT2D eigenvalue weighted by molar-refractivity contribution is 0.462. The predicted octanol–water partition coefficient (Wildman–Crippen LogP) is 2.06. The molecule has 0 spiro atoms. The van der Waals surface area contributed by atoms with Crippen LogP contribution >= 0.6 is 0 Å². The average Bonchev–Trinajstić information content (AvgIpc) is 2.92. The van der Waals surface area contributed by atoms with Crippen molar-refractivity contribution in [2.75, 3.05) is 20.1 Å². The van der Waals surface area contributed by atoms with Gasteiger partial charge in [0, 0.05) is 51.5 Å². The molecular formula is C17H25N5. The van der Waals surface area contributed by atoms with Crippen LogP contribution < -0.4 is 5.32 Å². The zero-order chi connectivity index (χ0) is 15.8. The van der Waals surface area contributed by atoms with E-state index in [1.165, 1.54) is 11.3 Å². The third-order valence-electron chi connectivity index (χ3n) is 3.53. The zero-order valence-corrected chi connectivity index (χ0v) is 13.7. The molecule has 2 aromatic rings. The molecule has 0 aliphatic heterocycles. The fraction of sp³-hybridized carbons (Fsp3) is 0.412. The van der Waals surface area contributed by atoms with Gasteiger partial charge in [-0.15, -0.1) is 0 Å². The highest BCUT2D eigenvalue weighted by Crippen LogP contribution is 2.04. The first kappa shape index (κ1) is 16.1. The Balaban J connectivity index is 1.95. The Morgan fingerprint density at radius 1 is 1.36 bits per heavy atom. The van der Waals surface area contributed by atoms with Crippen LogP contribution in [-0.2, 0) is 20.0 Å². The normalized spacial score (nSPS) is 11.5. The van der Waals surface area contributed by atoms with Crippen LogP contribution in [0.4, 0.5) is 0 Å². The van der Waals surface area contributed by atoms with Crippen LogP contribution in [0, 0.1) is 0 Å². The van der Waals surface area contributed by atoms with E-state index in [0.717, 1.165) is 32.0 Å². The highest BCUT2D eigenvalue weighted by atomic mass is 15.3. The summed E-state index contributed by atoms with van der Waals surface area (Å²) in [5, 5.41) is 3.35. The second-order valence-corrected chi connectivity index (χ2v) is 5.31. The van der Waals surface area contributed by atoms with Crippen molar-refractivity contribution in [2.45, 2.75) is 19.9 Å². The largest absolute Gasteiger partial charge is 0.357 e. The molecular weight excluding hydrogens is 274 g/mol. The molecule has 5 heteroatoms. The summed E-state index contributed by atoms with van der Waals surface area (Å²) in [5.74, 6) is 0.938. The molecule has 0 amide bonds. The first-order valence-electron chi connectivity index (χ1n) is 7.69. The predicted molar refractivity (Wildman–Crippen MR) is 90.8 cm³/mol. The van der Waals surface area contributed by atoms with Gasteiger partial charge in [-0.3, -0.25) is 9.98 Å². The Labute approximate surface area is 132 Å². The van der Waals surface area contributed by atoms with Crippen molar-refractivity contribution in [3.05, 3.63) is 54.1 Å². The molecule has 0 saturated carbocycles. The summed E-state index contributed by atoms with van der Waals surface area (Å²) in [4.78, 5) is 11.0. The number of nitrogens with zero attached hydrogens (tertiary/aromatic N) is 4. The minimum absolute atomic E-state index is 0.755. The van der Waals surface area contributed by atoms with E-state index >= 15 is 0 Å². The van der Waals surface area contributed by atoms with Crippen LogP contribution in [0.25, 0.3) is 0 Å². The first-order valence-corrected chi connectivity index (χ1v) is 7.69. The molecule has 2 aromatic heterocycles. The first-order chi connectivity index (χ1) is 10.7. The number of aromatic nitrogens is 2. The SMILES string of the molecule is CCNC(=NCCc1cccnc1)N(C)Cc1cccn1C. The number of hydrogen-bond acceptors (Lipinski definition) is 2. The molecule has 0 aromatic carbocycles. The van der Waals surface area contributed by atoms with Gasteiger partial charge in [-0.2, -0.15) is 0 Å². The van der Waals surface area contributed by atoms with Crippen LogP contribution in [0.15, 0.2) is 47.8 Å². The maximum atomic E-state index is 4.71. The number of hydrogen-bond donors (Lipinski definition) is 1. The van der Waals surface area contributed by atoms with Crippen LogP contribution in [-0.4, -0.2) is 40.5 Å². The van der Waals surface area contributed by atoms with Crippen molar-refractivity contribution >= 4 is 5.96 Å². The highest BCUT2D eigenvalue weighted by Gasteiger charge is 2.07. The van der Waals surface area contributed by atoms with E-state index in [1.54, 1.807) is 6.20 Å². The molecule has 0 saturated heterocycles. The van der Waals surface area contributed by atoms with Crippen molar-refractivity contribution < 1.29 is 0 Å². The molecule has 0 unspecified atom stereocenters. The average molecular weight is 299 g/mol. The molecule has 0 aliphatic carbocycles. The lowest BCUT2D eigenvalue weighted by atomic mass is 10.2. The Hall–Kier alpha value is -2.30.